The highest BCUT2D eigenvalue weighted by Crippen LogP contribution is 2.50. The van der Waals surface area contributed by atoms with E-state index in [0.717, 1.165) is 44.1 Å². The average Bonchev–Trinajstić information content (AvgIpc) is 3.21. The van der Waals surface area contributed by atoms with Gasteiger partial charge in [-0.25, -0.2) is 0 Å². The summed E-state index contributed by atoms with van der Waals surface area (Å²) in [7, 11) is 0. The molecule has 29 heavy (non-hydrogen) atoms. The lowest BCUT2D eigenvalue weighted by molar-refractivity contribution is -0.151. The molecule has 6 rings (SSSR count). The van der Waals surface area contributed by atoms with Gasteiger partial charge in [0, 0.05) is 0 Å². The molecule has 4 bridgehead atoms. The fraction of sp³-hybridized carbons (Fsp3) is 0.800. The van der Waals surface area contributed by atoms with Crippen molar-refractivity contribution in [1.29, 1.82) is 0 Å². The molecular weight excluding hydrogens is 364 g/mol. The van der Waals surface area contributed by atoms with Crippen molar-refractivity contribution < 1.29 is 19.0 Å². The maximum absolute atomic E-state index is 12.4. The summed E-state index contributed by atoms with van der Waals surface area (Å²) in [5.74, 6) is 4.69. The van der Waals surface area contributed by atoms with E-state index < -0.39 is 0 Å². The van der Waals surface area contributed by atoms with Gasteiger partial charge in [0.15, 0.2) is 6.29 Å². The Balaban J connectivity index is 0.875. The normalized spacial score (nSPS) is 49.1. The van der Waals surface area contributed by atoms with E-state index in [1.165, 1.54) is 25.7 Å². The molecule has 0 N–H and O–H groups in total. The molecule has 0 amide bonds. The molecule has 1 heterocycles. The molecule has 4 nitrogen and oxygen atoms in total. The highest BCUT2D eigenvalue weighted by Gasteiger charge is 2.52. The van der Waals surface area contributed by atoms with Gasteiger partial charge in [-0.3, -0.25) is 4.79 Å². The first-order valence-electron chi connectivity index (χ1n) is 12.0. The minimum absolute atomic E-state index is 0.0553. The van der Waals surface area contributed by atoms with Crippen LogP contribution in [0.3, 0.4) is 0 Å². The number of rotatable bonds is 7. The lowest BCUT2D eigenvalue weighted by atomic mass is 9.83. The highest BCUT2D eigenvalue weighted by atomic mass is 16.8. The first-order chi connectivity index (χ1) is 14.2. The Bertz CT molecular complexity index is 691. The minimum atomic E-state index is 0.0553. The molecule has 0 spiro atoms. The number of allylic oxidation sites excluding steroid dienone is 4. The minimum Gasteiger partial charge on any atom is -0.465 e. The maximum Gasteiger partial charge on any atom is 0.309 e. The molecule has 1 aliphatic heterocycles. The smallest absolute Gasteiger partial charge is 0.309 e. The van der Waals surface area contributed by atoms with Crippen LogP contribution in [0.5, 0.6) is 0 Å². The van der Waals surface area contributed by atoms with E-state index in [0.29, 0.717) is 42.3 Å². The van der Waals surface area contributed by atoms with Crippen molar-refractivity contribution in [3.8, 4) is 0 Å². The molecule has 0 aromatic heterocycles. The summed E-state index contributed by atoms with van der Waals surface area (Å²) < 4.78 is 17.7. The SMILES string of the molecule is O=C(OCC1CCC(COC2OC2C2CC3C=CC2C3)CC1)C1CC2C=CC1C2. The van der Waals surface area contributed by atoms with E-state index in [9.17, 15) is 4.79 Å². The van der Waals surface area contributed by atoms with Crippen LogP contribution in [0.25, 0.3) is 0 Å². The largest absolute Gasteiger partial charge is 0.465 e. The fourth-order valence-corrected chi connectivity index (χ4v) is 6.90. The zero-order valence-corrected chi connectivity index (χ0v) is 17.3. The number of carbonyl (C=O) groups excluding carboxylic acids is 1. The zero-order valence-electron chi connectivity index (χ0n) is 17.3. The summed E-state index contributed by atoms with van der Waals surface area (Å²) in [5.41, 5.74) is 0. The van der Waals surface area contributed by atoms with Crippen molar-refractivity contribution >= 4 is 5.97 Å². The van der Waals surface area contributed by atoms with Crippen LogP contribution < -0.4 is 0 Å². The second-order valence-electron chi connectivity index (χ2n) is 10.7. The van der Waals surface area contributed by atoms with Gasteiger partial charge in [0.1, 0.15) is 6.10 Å². The number of hydrogen-bond acceptors (Lipinski definition) is 4. The molecule has 5 aliphatic carbocycles. The molecule has 1 saturated heterocycles. The van der Waals surface area contributed by atoms with Crippen molar-refractivity contribution in [3.63, 3.8) is 0 Å². The number of fused-ring (bicyclic) bond motifs is 4. The van der Waals surface area contributed by atoms with Gasteiger partial charge in [0.05, 0.1) is 19.1 Å². The lowest BCUT2D eigenvalue weighted by Gasteiger charge is -2.28. The first kappa shape index (κ1) is 18.6. The molecule has 0 aromatic carbocycles. The van der Waals surface area contributed by atoms with E-state index in [2.05, 4.69) is 24.3 Å². The van der Waals surface area contributed by atoms with E-state index in [4.69, 9.17) is 14.2 Å². The molecule has 6 aliphatic rings. The van der Waals surface area contributed by atoms with Crippen molar-refractivity contribution in [1.82, 2.24) is 0 Å². The first-order valence-corrected chi connectivity index (χ1v) is 12.0. The summed E-state index contributed by atoms with van der Waals surface area (Å²) in [5, 5.41) is 0. The molecule has 0 aromatic rings. The number of hydrogen-bond donors (Lipinski definition) is 0. The Morgan fingerprint density at radius 1 is 0.828 bits per heavy atom. The summed E-state index contributed by atoms with van der Waals surface area (Å²) in [6, 6.07) is 0. The van der Waals surface area contributed by atoms with Gasteiger partial charge in [-0.1, -0.05) is 24.3 Å². The number of epoxide rings is 1. The number of carbonyl (C=O) groups is 1. The van der Waals surface area contributed by atoms with Gasteiger partial charge in [-0.15, -0.1) is 0 Å². The molecular formula is C25H34O4. The quantitative estimate of drug-likeness (QED) is 0.360. The van der Waals surface area contributed by atoms with Crippen LogP contribution in [0.1, 0.15) is 51.4 Å². The Morgan fingerprint density at radius 3 is 2.14 bits per heavy atom. The number of esters is 1. The highest BCUT2D eigenvalue weighted by molar-refractivity contribution is 5.74. The second-order valence-corrected chi connectivity index (χ2v) is 10.7. The summed E-state index contributed by atoms with van der Waals surface area (Å²) >= 11 is 0. The topological polar surface area (TPSA) is 48.1 Å². The standard InChI is InChI=1S/C25H34O4/c26-24(22-12-18-6-8-20(22)10-18)27-13-15-1-3-16(4-2-15)14-28-25-23(29-25)21-11-17-5-7-19(21)9-17/h5-8,15-23,25H,1-4,9-14H2. The summed E-state index contributed by atoms with van der Waals surface area (Å²) in [4.78, 5) is 12.4. The molecule has 8 unspecified atom stereocenters. The van der Waals surface area contributed by atoms with Crippen LogP contribution in [-0.4, -0.2) is 31.6 Å². The summed E-state index contributed by atoms with van der Waals surface area (Å²) in [6.07, 6.45) is 19.2. The van der Waals surface area contributed by atoms with Crippen LogP contribution >= 0.6 is 0 Å². The molecule has 3 saturated carbocycles. The van der Waals surface area contributed by atoms with Crippen LogP contribution in [-0.2, 0) is 19.0 Å². The molecule has 8 atom stereocenters. The van der Waals surface area contributed by atoms with Gasteiger partial charge in [0.25, 0.3) is 0 Å². The predicted molar refractivity (Wildman–Crippen MR) is 109 cm³/mol. The average molecular weight is 399 g/mol. The van der Waals surface area contributed by atoms with Crippen LogP contribution in [0.15, 0.2) is 24.3 Å². The van der Waals surface area contributed by atoms with Crippen LogP contribution in [0, 0.1) is 47.3 Å². The molecule has 4 fully saturated rings. The number of ether oxygens (including phenoxy) is 3. The summed E-state index contributed by atoms with van der Waals surface area (Å²) in [6.45, 7) is 1.46. The zero-order chi connectivity index (χ0) is 19.4. The van der Waals surface area contributed by atoms with Crippen molar-refractivity contribution in [2.45, 2.75) is 63.8 Å². The maximum atomic E-state index is 12.4. The molecule has 0 radical (unpaired) electrons. The third-order valence-corrected chi connectivity index (χ3v) is 8.74. The van der Waals surface area contributed by atoms with E-state index in [-0.39, 0.29) is 18.2 Å². The van der Waals surface area contributed by atoms with Gasteiger partial charge >= 0.3 is 5.97 Å². The lowest BCUT2D eigenvalue weighted by Crippen LogP contribution is -2.27. The Labute approximate surface area is 174 Å². The van der Waals surface area contributed by atoms with Crippen molar-refractivity contribution in [3.05, 3.63) is 24.3 Å². The van der Waals surface area contributed by atoms with Gasteiger partial charge in [-0.2, -0.15) is 0 Å². The Morgan fingerprint density at radius 2 is 1.52 bits per heavy atom. The monoisotopic (exact) mass is 398 g/mol. The third kappa shape index (κ3) is 3.72. The fourth-order valence-electron chi connectivity index (χ4n) is 6.90. The predicted octanol–water partition coefficient (Wildman–Crippen LogP) is 4.50. The third-order valence-electron chi connectivity index (χ3n) is 8.74. The molecule has 158 valence electrons. The van der Waals surface area contributed by atoms with E-state index in [1.54, 1.807) is 0 Å². The van der Waals surface area contributed by atoms with Crippen LogP contribution in [0.4, 0.5) is 0 Å². The van der Waals surface area contributed by atoms with E-state index in [1.807, 2.05) is 0 Å². The van der Waals surface area contributed by atoms with Crippen molar-refractivity contribution in [2.75, 3.05) is 13.2 Å². The van der Waals surface area contributed by atoms with Gasteiger partial charge in [0.2, 0.25) is 0 Å². The van der Waals surface area contributed by atoms with E-state index >= 15 is 0 Å². The molecule has 4 heteroatoms. The van der Waals surface area contributed by atoms with Crippen molar-refractivity contribution in [2.24, 2.45) is 47.3 Å². The Kier molecular flexibility index (Phi) is 4.84. The van der Waals surface area contributed by atoms with Crippen LogP contribution in [0.2, 0.25) is 0 Å². The van der Waals surface area contributed by atoms with Gasteiger partial charge < -0.3 is 14.2 Å². The second kappa shape index (κ2) is 7.53. The Hall–Kier alpha value is -1.13. The van der Waals surface area contributed by atoms with Gasteiger partial charge in [-0.05, 0) is 92.8 Å².